The second-order valence-corrected chi connectivity index (χ2v) is 5.66. The summed E-state index contributed by atoms with van der Waals surface area (Å²) in [7, 11) is 0. The first-order valence-corrected chi connectivity index (χ1v) is 7.91. The summed E-state index contributed by atoms with van der Waals surface area (Å²) < 4.78 is 54.0. The molecule has 0 unspecified atom stereocenters. The molecule has 9 heteroatoms. The minimum Gasteiger partial charge on any atom is -0.403 e. The first kappa shape index (κ1) is 18.8. The molecule has 0 spiro atoms. The van der Waals surface area contributed by atoms with Crippen molar-refractivity contribution in [2.24, 2.45) is 15.9 Å². The van der Waals surface area contributed by atoms with Gasteiger partial charge in [0.25, 0.3) is 0 Å². The monoisotopic (exact) mass is 371 g/mol. The van der Waals surface area contributed by atoms with Crippen LogP contribution >= 0.6 is 11.8 Å². The lowest BCUT2D eigenvalue weighted by Gasteiger charge is -2.10. The van der Waals surface area contributed by atoms with E-state index in [2.05, 4.69) is 14.9 Å². The van der Waals surface area contributed by atoms with E-state index in [1.807, 2.05) is 30.3 Å². The fourth-order valence-corrected chi connectivity index (χ4v) is 2.35. The molecule has 0 aliphatic carbocycles. The number of hydrogen-bond donors (Lipinski definition) is 1. The molecule has 2 rings (SSSR count). The summed E-state index contributed by atoms with van der Waals surface area (Å²) in [5, 5.41) is 7.41. The van der Waals surface area contributed by atoms with Gasteiger partial charge in [0.1, 0.15) is 0 Å². The van der Waals surface area contributed by atoms with Gasteiger partial charge in [-0.25, -0.2) is 4.39 Å². The van der Waals surface area contributed by atoms with E-state index < -0.39 is 17.9 Å². The fraction of sp³-hybridized carbons (Fsp3) is 0.125. The maximum absolute atomic E-state index is 13.9. The van der Waals surface area contributed by atoms with Gasteiger partial charge in [0.2, 0.25) is 0 Å². The molecule has 0 atom stereocenters. The summed E-state index contributed by atoms with van der Waals surface area (Å²) in [6.45, 7) is 0. The van der Waals surface area contributed by atoms with Crippen LogP contribution in [0.15, 0.2) is 58.7 Å². The zero-order valence-electron chi connectivity index (χ0n) is 12.7. The van der Waals surface area contributed by atoms with E-state index in [0.29, 0.717) is 5.75 Å². The number of thioether (sulfide) groups is 1. The maximum atomic E-state index is 13.9. The van der Waals surface area contributed by atoms with Gasteiger partial charge in [-0.05, 0) is 11.6 Å². The van der Waals surface area contributed by atoms with E-state index in [1.165, 1.54) is 23.9 Å². The van der Waals surface area contributed by atoms with Crippen molar-refractivity contribution in [3.8, 4) is 5.75 Å². The van der Waals surface area contributed by atoms with E-state index in [0.717, 1.165) is 17.8 Å². The van der Waals surface area contributed by atoms with Gasteiger partial charge in [-0.2, -0.15) is 5.10 Å². The molecule has 0 aromatic heterocycles. The Labute approximate surface area is 145 Å². The molecule has 25 heavy (non-hydrogen) atoms. The van der Waals surface area contributed by atoms with E-state index in [9.17, 15) is 17.6 Å². The summed E-state index contributed by atoms with van der Waals surface area (Å²) in [6, 6.07) is 12.8. The van der Waals surface area contributed by atoms with Crippen LogP contribution < -0.4 is 10.5 Å². The van der Waals surface area contributed by atoms with Gasteiger partial charge in [-0.15, -0.1) is 18.3 Å². The van der Waals surface area contributed by atoms with E-state index >= 15 is 0 Å². The molecule has 132 valence electrons. The second kappa shape index (κ2) is 8.52. The molecule has 0 fully saturated rings. The molecule has 0 amide bonds. The summed E-state index contributed by atoms with van der Waals surface area (Å²) in [5.41, 5.74) is 6.51. The summed E-state index contributed by atoms with van der Waals surface area (Å²) >= 11 is 1.23. The van der Waals surface area contributed by atoms with E-state index in [-0.39, 0.29) is 10.7 Å². The van der Waals surface area contributed by atoms with Crippen molar-refractivity contribution in [1.29, 1.82) is 0 Å². The van der Waals surface area contributed by atoms with Gasteiger partial charge in [0, 0.05) is 11.3 Å². The number of rotatable bonds is 5. The molecule has 0 bridgehead atoms. The van der Waals surface area contributed by atoms with E-state index in [4.69, 9.17) is 5.73 Å². The van der Waals surface area contributed by atoms with Crippen molar-refractivity contribution < 1.29 is 22.3 Å². The predicted molar refractivity (Wildman–Crippen MR) is 90.0 cm³/mol. The van der Waals surface area contributed by atoms with Crippen molar-refractivity contribution in [1.82, 2.24) is 0 Å². The lowest BCUT2D eigenvalue weighted by molar-refractivity contribution is -0.275. The van der Waals surface area contributed by atoms with Crippen LogP contribution in [0.4, 0.5) is 17.6 Å². The molecule has 0 radical (unpaired) electrons. The Morgan fingerprint density at radius 3 is 2.52 bits per heavy atom. The Balaban J connectivity index is 2.00. The van der Waals surface area contributed by atoms with E-state index in [1.54, 1.807) is 0 Å². The van der Waals surface area contributed by atoms with Crippen molar-refractivity contribution in [2.75, 3.05) is 0 Å². The highest BCUT2D eigenvalue weighted by molar-refractivity contribution is 8.13. The first-order valence-electron chi connectivity index (χ1n) is 6.92. The SMILES string of the molecule is NC(=NN=Cc1cccc(OC(F)(F)F)c1F)SCc1ccccc1. The van der Waals surface area contributed by atoms with Crippen molar-refractivity contribution >= 4 is 23.1 Å². The zero-order chi connectivity index (χ0) is 18.3. The third kappa shape index (κ3) is 6.46. The van der Waals surface area contributed by atoms with Gasteiger partial charge in [-0.1, -0.05) is 54.2 Å². The topological polar surface area (TPSA) is 60.0 Å². The fourth-order valence-electron chi connectivity index (χ4n) is 1.74. The molecular formula is C16H13F4N3OS. The number of hydrogen-bond acceptors (Lipinski definition) is 4. The zero-order valence-corrected chi connectivity index (χ0v) is 13.5. The number of nitrogens with two attached hydrogens (primary N) is 1. The van der Waals surface area contributed by atoms with Crippen LogP contribution in [-0.4, -0.2) is 17.7 Å². The number of ether oxygens (including phenoxy) is 1. The van der Waals surface area contributed by atoms with Gasteiger partial charge < -0.3 is 10.5 Å². The van der Waals surface area contributed by atoms with Crippen molar-refractivity contribution in [2.45, 2.75) is 12.1 Å². The standard InChI is InChI=1S/C16H13F4N3OS/c17-14-12(7-4-8-13(14)24-16(18,19)20)9-22-23-15(21)25-10-11-5-2-1-3-6-11/h1-9H,10H2,(H2,21,23). The number of nitrogens with zero attached hydrogens (tertiary/aromatic N) is 2. The summed E-state index contributed by atoms with van der Waals surface area (Å²) in [5.74, 6) is -1.55. The average molecular weight is 371 g/mol. The average Bonchev–Trinajstić information content (AvgIpc) is 2.56. The van der Waals surface area contributed by atoms with Gasteiger partial charge in [0.05, 0.1) is 6.21 Å². The van der Waals surface area contributed by atoms with Crippen LogP contribution in [0.25, 0.3) is 0 Å². The third-order valence-electron chi connectivity index (χ3n) is 2.80. The Bertz CT molecular complexity index is 764. The quantitative estimate of drug-likeness (QED) is 0.369. The third-order valence-corrected chi connectivity index (χ3v) is 3.66. The van der Waals surface area contributed by atoms with Gasteiger partial charge in [-0.3, -0.25) is 0 Å². The molecule has 2 N–H and O–H groups in total. The molecule has 2 aromatic carbocycles. The summed E-state index contributed by atoms with van der Waals surface area (Å²) in [4.78, 5) is 0. The minimum absolute atomic E-state index is 0.142. The maximum Gasteiger partial charge on any atom is 0.573 e. The molecule has 0 saturated carbocycles. The molecule has 0 heterocycles. The molecule has 0 saturated heterocycles. The largest absolute Gasteiger partial charge is 0.573 e. The highest BCUT2D eigenvalue weighted by Gasteiger charge is 2.32. The van der Waals surface area contributed by atoms with Crippen LogP contribution in [0.2, 0.25) is 0 Å². The van der Waals surface area contributed by atoms with Crippen molar-refractivity contribution in [3.05, 3.63) is 65.5 Å². The molecule has 0 aliphatic rings. The summed E-state index contributed by atoms with van der Waals surface area (Å²) in [6.07, 6.45) is -4.01. The van der Waals surface area contributed by atoms with Crippen molar-refractivity contribution in [3.63, 3.8) is 0 Å². The molecule has 4 nitrogen and oxygen atoms in total. The first-order chi connectivity index (χ1) is 11.8. The number of benzene rings is 2. The van der Waals surface area contributed by atoms with Crippen LogP contribution in [-0.2, 0) is 5.75 Å². The minimum atomic E-state index is -4.98. The normalized spacial score (nSPS) is 12.6. The van der Waals surface area contributed by atoms with Crippen LogP contribution in [0.5, 0.6) is 5.75 Å². The van der Waals surface area contributed by atoms with Crippen LogP contribution in [0.1, 0.15) is 11.1 Å². The Morgan fingerprint density at radius 2 is 1.84 bits per heavy atom. The molecule has 0 aliphatic heterocycles. The number of amidine groups is 1. The predicted octanol–water partition coefficient (Wildman–Crippen LogP) is 4.31. The van der Waals surface area contributed by atoms with Crippen LogP contribution in [0.3, 0.4) is 0 Å². The lowest BCUT2D eigenvalue weighted by Crippen LogP contribution is -2.18. The highest BCUT2D eigenvalue weighted by atomic mass is 32.2. The smallest absolute Gasteiger partial charge is 0.403 e. The molecule has 2 aromatic rings. The number of halogens is 4. The van der Waals surface area contributed by atoms with Gasteiger partial charge in [0.15, 0.2) is 16.7 Å². The van der Waals surface area contributed by atoms with Gasteiger partial charge >= 0.3 is 6.36 Å². The second-order valence-electron chi connectivity index (χ2n) is 4.66. The molecular weight excluding hydrogens is 358 g/mol. The highest BCUT2D eigenvalue weighted by Crippen LogP contribution is 2.26. The number of alkyl halides is 3. The van der Waals surface area contributed by atoms with Crippen LogP contribution in [0, 0.1) is 5.82 Å². The Hall–Kier alpha value is -2.55. The lowest BCUT2D eigenvalue weighted by atomic mass is 10.2. The Kier molecular flexibility index (Phi) is 6.40. The Morgan fingerprint density at radius 1 is 1.12 bits per heavy atom.